The molecule has 0 saturated carbocycles. The Morgan fingerprint density at radius 2 is 1.90 bits per heavy atom. The van der Waals surface area contributed by atoms with Gasteiger partial charge in [-0.05, 0) is 53.3 Å². The normalized spacial score (nSPS) is 10.7. The Morgan fingerprint density at radius 3 is 2.65 bits per heavy atom. The summed E-state index contributed by atoms with van der Waals surface area (Å²) >= 11 is 2.20. The second-order valence-electron chi connectivity index (χ2n) is 4.24. The first-order valence-corrected chi connectivity index (χ1v) is 6.89. The molecule has 100 valence electrons. The van der Waals surface area contributed by atoms with Crippen LogP contribution in [0.2, 0.25) is 0 Å². The average molecular weight is 379 g/mol. The number of hydrogen-bond donors (Lipinski definition) is 1. The van der Waals surface area contributed by atoms with Crippen molar-refractivity contribution in [2.24, 2.45) is 0 Å². The van der Waals surface area contributed by atoms with Crippen molar-refractivity contribution >= 4 is 28.3 Å². The maximum atomic E-state index is 5.93. The molecule has 7 heteroatoms. The van der Waals surface area contributed by atoms with Gasteiger partial charge in [0.15, 0.2) is 0 Å². The molecule has 2 aromatic heterocycles. The summed E-state index contributed by atoms with van der Waals surface area (Å²) in [6, 6.07) is 5.62. The van der Waals surface area contributed by atoms with Gasteiger partial charge in [0.2, 0.25) is 11.6 Å². The van der Waals surface area contributed by atoms with Gasteiger partial charge in [-0.1, -0.05) is 5.16 Å². The van der Waals surface area contributed by atoms with Crippen molar-refractivity contribution in [1.29, 1.82) is 0 Å². The molecule has 3 rings (SSSR count). The summed E-state index contributed by atoms with van der Waals surface area (Å²) in [6.45, 7) is 1.91. The van der Waals surface area contributed by atoms with Crippen molar-refractivity contribution in [1.82, 2.24) is 20.1 Å². The highest BCUT2D eigenvalue weighted by Gasteiger charge is 2.14. The third-order valence-corrected chi connectivity index (χ3v) is 3.32. The number of hydrogen-bond acceptors (Lipinski definition) is 6. The molecule has 20 heavy (non-hydrogen) atoms. The van der Waals surface area contributed by atoms with Crippen LogP contribution in [0.1, 0.15) is 5.56 Å². The minimum Gasteiger partial charge on any atom is -0.398 e. The molecule has 2 heterocycles. The van der Waals surface area contributed by atoms with E-state index in [9.17, 15) is 0 Å². The van der Waals surface area contributed by atoms with Crippen LogP contribution < -0.4 is 5.73 Å². The van der Waals surface area contributed by atoms with Gasteiger partial charge < -0.3 is 10.3 Å². The van der Waals surface area contributed by atoms with Gasteiger partial charge in [-0.2, -0.15) is 4.98 Å². The van der Waals surface area contributed by atoms with Crippen molar-refractivity contribution < 1.29 is 4.52 Å². The van der Waals surface area contributed by atoms with Crippen LogP contribution in [-0.2, 0) is 0 Å². The minimum absolute atomic E-state index is 0.346. The first-order valence-electron chi connectivity index (χ1n) is 5.81. The lowest BCUT2D eigenvalue weighted by molar-refractivity contribution is 0.432. The van der Waals surface area contributed by atoms with Gasteiger partial charge in [0.25, 0.3) is 5.89 Å². The molecule has 3 aromatic rings. The lowest BCUT2D eigenvalue weighted by Gasteiger charge is -2.00. The summed E-state index contributed by atoms with van der Waals surface area (Å²) in [5, 5.41) is 3.89. The van der Waals surface area contributed by atoms with Crippen LogP contribution in [0.15, 0.2) is 35.1 Å². The van der Waals surface area contributed by atoms with Crippen molar-refractivity contribution in [2.75, 3.05) is 5.73 Å². The topological polar surface area (TPSA) is 90.7 Å². The number of nitrogens with zero attached hydrogens (tertiary/aromatic N) is 4. The molecule has 0 unspecified atom stereocenters. The average Bonchev–Trinajstić information content (AvgIpc) is 2.92. The molecule has 0 radical (unpaired) electrons. The van der Waals surface area contributed by atoms with E-state index in [1.54, 1.807) is 12.4 Å². The van der Waals surface area contributed by atoms with Gasteiger partial charge in [0.1, 0.15) is 0 Å². The molecule has 0 spiro atoms. The number of benzene rings is 1. The predicted molar refractivity (Wildman–Crippen MR) is 82.6 cm³/mol. The van der Waals surface area contributed by atoms with Crippen molar-refractivity contribution in [2.45, 2.75) is 6.92 Å². The van der Waals surface area contributed by atoms with E-state index in [1.807, 2.05) is 25.1 Å². The second kappa shape index (κ2) is 5.16. The number of halogens is 1. The molecule has 0 saturated heterocycles. The van der Waals surface area contributed by atoms with E-state index in [-0.39, 0.29) is 0 Å². The number of anilines is 1. The van der Waals surface area contributed by atoms with E-state index in [0.29, 0.717) is 28.8 Å². The molecule has 0 fully saturated rings. The summed E-state index contributed by atoms with van der Waals surface area (Å²) in [5.74, 6) is 1.13. The molecule has 0 aliphatic rings. The maximum Gasteiger partial charge on any atom is 0.260 e. The molecule has 0 aliphatic heterocycles. The van der Waals surface area contributed by atoms with Gasteiger partial charge in [-0.3, -0.25) is 0 Å². The van der Waals surface area contributed by atoms with E-state index in [2.05, 4.69) is 42.7 Å². The van der Waals surface area contributed by atoms with E-state index in [4.69, 9.17) is 10.3 Å². The highest BCUT2D eigenvalue weighted by molar-refractivity contribution is 14.1. The fourth-order valence-corrected chi connectivity index (χ4v) is 2.14. The van der Waals surface area contributed by atoms with Crippen LogP contribution in [0, 0.1) is 10.5 Å². The van der Waals surface area contributed by atoms with Gasteiger partial charge >= 0.3 is 0 Å². The quantitative estimate of drug-likeness (QED) is 0.544. The molecular weight excluding hydrogens is 369 g/mol. The molecule has 0 atom stereocenters. The summed E-state index contributed by atoms with van der Waals surface area (Å²) in [4.78, 5) is 12.6. The zero-order chi connectivity index (χ0) is 14.1. The van der Waals surface area contributed by atoms with Crippen LogP contribution in [0.25, 0.3) is 23.1 Å². The Bertz CT molecular complexity index is 754. The Labute approximate surface area is 128 Å². The first-order chi connectivity index (χ1) is 9.63. The van der Waals surface area contributed by atoms with Gasteiger partial charge in [-0.25, -0.2) is 9.97 Å². The Morgan fingerprint density at radius 1 is 1.15 bits per heavy atom. The standard InChI is InChI=1S/C13H10IN5O/c1-7-5-16-11(17-6-7)12-18-13(20-19-12)9-4-8(14)2-3-10(9)15/h2-6H,15H2,1H3. The monoisotopic (exact) mass is 379 g/mol. The third kappa shape index (κ3) is 2.48. The number of nitrogens with two attached hydrogens (primary N) is 1. The summed E-state index contributed by atoms with van der Waals surface area (Å²) in [6.07, 6.45) is 3.41. The van der Waals surface area contributed by atoms with E-state index in [0.717, 1.165) is 9.13 Å². The predicted octanol–water partition coefficient (Wildman–Crippen LogP) is 2.69. The van der Waals surface area contributed by atoms with Crippen LogP contribution in [-0.4, -0.2) is 20.1 Å². The number of rotatable bonds is 2. The molecule has 2 N–H and O–H groups in total. The fraction of sp³-hybridized carbons (Fsp3) is 0.0769. The molecule has 0 bridgehead atoms. The number of aryl methyl sites for hydroxylation is 1. The zero-order valence-electron chi connectivity index (χ0n) is 10.5. The Kier molecular flexibility index (Phi) is 3.35. The van der Waals surface area contributed by atoms with Crippen molar-refractivity contribution in [3.8, 4) is 23.1 Å². The first kappa shape index (κ1) is 13.0. The lowest BCUT2D eigenvalue weighted by Crippen LogP contribution is -1.92. The van der Waals surface area contributed by atoms with E-state index < -0.39 is 0 Å². The minimum atomic E-state index is 0.346. The molecule has 0 amide bonds. The lowest BCUT2D eigenvalue weighted by atomic mass is 10.2. The third-order valence-electron chi connectivity index (χ3n) is 2.65. The summed E-state index contributed by atoms with van der Waals surface area (Å²) in [7, 11) is 0. The van der Waals surface area contributed by atoms with E-state index >= 15 is 0 Å². The van der Waals surface area contributed by atoms with Crippen LogP contribution >= 0.6 is 22.6 Å². The van der Waals surface area contributed by atoms with Gasteiger partial charge in [0, 0.05) is 21.7 Å². The van der Waals surface area contributed by atoms with E-state index in [1.165, 1.54) is 0 Å². The Hall–Kier alpha value is -2.03. The second-order valence-corrected chi connectivity index (χ2v) is 5.48. The van der Waals surface area contributed by atoms with Crippen molar-refractivity contribution in [3.05, 3.63) is 39.7 Å². The van der Waals surface area contributed by atoms with Gasteiger partial charge in [-0.15, -0.1) is 0 Å². The smallest absolute Gasteiger partial charge is 0.260 e. The van der Waals surface area contributed by atoms with Gasteiger partial charge in [0.05, 0.1) is 5.56 Å². The number of nitrogen functional groups attached to an aromatic ring is 1. The summed E-state index contributed by atoms with van der Waals surface area (Å²) in [5.41, 5.74) is 8.20. The zero-order valence-corrected chi connectivity index (χ0v) is 12.7. The van der Waals surface area contributed by atoms with Crippen LogP contribution in [0.5, 0.6) is 0 Å². The largest absolute Gasteiger partial charge is 0.398 e. The fourth-order valence-electron chi connectivity index (χ4n) is 1.65. The maximum absolute atomic E-state index is 5.93. The Balaban J connectivity index is 2.01. The van der Waals surface area contributed by atoms with Crippen LogP contribution in [0.3, 0.4) is 0 Å². The SMILES string of the molecule is Cc1cnc(-c2noc(-c3cc(I)ccc3N)n2)nc1. The van der Waals surface area contributed by atoms with Crippen molar-refractivity contribution in [3.63, 3.8) is 0 Å². The molecule has 6 nitrogen and oxygen atoms in total. The molecule has 0 aliphatic carbocycles. The molecule has 1 aromatic carbocycles. The highest BCUT2D eigenvalue weighted by atomic mass is 127. The molecular formula is C13H10IN5O. The van der Waals surface area contributed by atoms with Crippen LogP contribution in [0.4, 0.5) is 5.69 Å². The summed E-state index contributed by atoms with van der Waals surface area (Å²) < 4.78 is 6.29. The highest BCUT2D eigenvalue weighted by Crippen LogP contribution is 2.27. The number of aromatic nitrogens is 4.